The minimum atomic E-state index is -0.547. The summed E-state index contributed by atoms with van der Waals surface area (Å²) in [5.41, 5.74) is -0.0967. The van der Waals surface area contributed by atoms with E-state index in [-0.39, 0.29) is 11.5 Å². The molecule has 0 aliphatic rings. The summed E-state index contributed by atoms with van der Waals surface area (Å²) in [7, 11) is 1.38. The van der Waals surface area contributed by atoms with Gasteiger partial charge in [-0.15, -0.1) is 0 Å². The maximum atomic E-state index is 10.2. The minimum Gasteiger partial charge on any atom is -0.287 e. The molecule has 0 atom stereocenters. The van der Waals surface area contributed by atoms with E-state index in [0.29, 0.717) is 0 Å². The second kappa shape index (κ2) is 3.14. The van der Waals surface area contributed by atoms with E-state index in [4.69, 9.17) is 5.21 Å². The van der Waals surface area contributed by atoms with Crippen LogP contribution in [-0.4, -0.2) is 22.2 Å². The molecule has 1 aromatic heterocycles. The highest BCUT2D eigenvalue weighted by atomic mass is 16.6. The summed E-state index contributed by atoms with van der Waals surface area (Å²) in [5, 5.41) is 19.8. The zero-order valence-corrected chi connectivity index (χ0v) is 6.34. The molecule has 1 N–H and O–H groups in total. The first kappa shape index (κ1) is 8.41. The number of aromatic nitrogens is 1. The van der Waals surface area contributed by atoms with E-state index in [0.717, 1.165) is 11.3 Å². The van der Waals surface area contributed by atoms with Crippen molar-refractivity contribution in [2.24, 2.45) is 0 Å². The van der Waals surface area contributed by atoms with Crippen molar-refractivity contribution in [3.05, 3.63) is 28.4 Å². The van der Waals surface area contributed by atoms with Gasteiger partial charge in [0.2, 0.25) is 0 Å². The SMILES string of the molecule is CN(O)c1ccc([N+](=O)[O-])cn1. The Morgan fingerprint density at radius 1 is 1.67 bits per heavy atom. The third-order valence-electron chi connectivity index (χ3n) is 1.27. The molecule has 0 saturated heterocycles. The number of nitrogens with zero attached hydrogens (tertiary/aromatic N) is 3. The number of anilines is 1. The van der Waals surface area contributed by atoms with Crippen molar-refractivity contribution in [1.82, 2.24) is 4.98 Å². The maximum absolute atomic E-state index is 10.2. The summed E-state index contributed by atoms with van der Waals surface area (Å²) < 4.78 is 0. The summed E-state index contributed by atoms with van der Waals surface area (Å²) in [5.74, 6) is 0.264. The molecule has 0 fully saturated rings. The molecule has 0 radical (unpaired) electrons. The zero-order chi connectivity index (χ0) is 9.14. The highest BCUT2D eigenvalue weighted by molar-refractivity contribution is 5.39. The summed E-state index contributed by atoms with van der Waals surface area (Å²) in [6.45, 7) is 0. The minimum absolute atomic E-state index is 0.0967. The van der Waals surface area contributed by atoms with Crippen LogP contribution >= 0.6 is 0 Å². The molecule has 0 bridgehead atoms. The Hall–Kier alpha value is -1.69. The van der Waals surface area contributed by atoms with Crippen LogP contribution in [0.15, 0.2) is 18.3 Å². The van der Waals surface area contributed by atoms with Crippen LogP contribution in [0.5, 0.6) is 0 Å². The molecule has 1 heterocycles. The van der Waals surface area contributed by atoms with Crippen molar-refractivity contribution in [3.63, 3.8) is 0 Å². The van der Waals surface area contributed by atoms with Gasteiger partial charge in [0.1, 0.15) is 6.20 Å². The molecule has 0 saturated carbocycles. The van der Waals surface area contributed by atoms with Gasteiger partial charge in [-0.05, 0) is 6.07 Å². The van der Waals surface area contributed by atoms with Gasteiger partial charge in [0.25, 0.3) is 5.69 Å². The first-order valence-corrected chi connectivity index (χ1v) is 3.14. The van der Waals surface area contributed by atoms with E-state index in [9.17, 15) is 10.1 Å². The third kappa shape index (κ3) is 1.67. The molecule has 1 aromatic rings. The fraction of sp³-hybridized carbons (Fsp3) is 0.167. The molecule has 0 amide bonds. The van der Waals surface area contributed by atoms with Crippen LogP contribution in [0.3, 0.4) is 0 Å². The van der Waals surface area contributed by atoms with Crippen LogP contribution in [-0.2, 0) is 0 Å². The molecule has 6 heteroatoms. The lowest BCUT2D eigenvalue weighted by Gasteiger charge is -2.06. The summed E-state index contributed by atoms with van der Waals surface area (Å²) in [6, 6.07) is 2.63. The molecule has 64 valence electrons. The predicted octanol–water partition coefficient (Wildman–Crippen LogP) is 0.815. The standard InChI is InChI=1S/C6H7N3O3/c1-8(10)6-3-2-5(4-7-6)9(11)12/h2-4,10H,1H3. The van der Waals surface area contributed by atoms with Crippen LogP contribution in [0, 0.1) is 10.1 Å². The van der Waals surface area contributed by atoms with Gasteiger partial charge < -0.3 is 0 Å². The van der Waals surface area contributed by atoms with E-state index in [1.165, 1.54) is 19.2 Å². The highest BCUT2D eigenvalue weighted by Crippen LogP contribution is 2.12. The number of hydrogen-bond donors (Lipinski definition) is 1. The molecule has 12 heavy (non-hydrogen) atoms. The van der Waals surface area contributed by atoms with Crippen molar-refractivity contribution < 1.29 is 10.1 Å². The Morgan fingerprint density at radius 2 is 2.33 bits per heavy atom. The molecular formula is C6H7N3O3. The average molecular weight is 169 g/mol. The normalized spacial score (nSPS) is 9.50. The molecular weight excluding hydrogens is 162 g/mol. The summed E-state index contributed by atoms with van der Waals surface area (Å²) >= 11 is 0. The number of hydrogen-bond acceptors (Lipinski definition) is 5. The second-order valence-electron chi connectivity index (χ2n) is 2.16. The van der Waals surface area contributed by atoms with Gasteiger partial charge in [-0.2, -0.15) is 0 Å². The topological polar surface area (TPSA) is 79.5 Å². The smallest absolute Gasteiger partial charge is 0.287 e. The quantitative estimate of drug-likeness (QED) is 0.523. The molecule has 0 aromatic carbocycles. The van der Waals surface area contributed by atoms with Gasteiger partial charge in [0.05, 0.1) is 4.92 Å². The molecule has 1 rings (SSSR count). The first-order valence-electron chi connectivity index (χ1n) is 3.14. The monoisotopic (exact) mass is 169 g/mol. The van der Waals surface area contributed by atoms with Crippen molar-refractivity contribution in [3.8, 4) is 0 Å². The fourth-order valence-corrected chi connectivity index (χ4v) is 0.678. The Labute approximate surface area is 68.2 Å². The van der Waals surface area contributed by atoms with Crippen LogP contribution < -0.4 is 5.06 Å². The van der Waals surface area contributed by atoms with E-state index in [1.54, 1.807) is 0 Å². The van der Waals surface area contributed by atoms with Crippen molar-refractivity contribution in [2.45, 2.75) is 0 Å². The number of pyridine rings is 1. The number of nitro groups is 1. The van der Waals surface area contributed by atoms with Gasteiger partial charge in [-0.3, -0.25) is 15.3 Å². The third-order valence-corrected chi connectivity index (χ3v) is 1.27. The summed E-state index contributed by atoms with van der Waals surface area (Å²) in [6.07, 6.45) is 1.09. The van der Waals surface area contributed by atoms with E-state index in [2.05, 4.69) is 4.98 Å². The Bertz CT molecular complexity index is 283. The zero-order valence-electron chi connectivity index (χ0n) is 6.34. The van der Waals surface area contributed by atoms with Crippen molar-refractivity contribution >= 4 is 11.5 Å². The Kier molecular flexibility index (Phi) is 2.20. The lowest BCUT2D eigenvalue weighted by atomic mass is 10.4. The lowest BCUT2D eigenvalue weighted by molar-refractivity contribution is -0.385. The molecule has 0 aliphatic heterocycles. The van der Waals surface area contributed by atoms with Crippen molar-refractivity contribution in [1.29, 1.82) is 0 Å². The average Bonchev–Trinajstić information content (AvgIpc) is 2.04. The van der Waals surface area contributed by atoms with Gasteiger partial charge in [0.15, 0.2) is 5.82 Å². The van der Waals surface area contributed by atoms with Crippen LogP contribution in [0.2, 0.25) is 0 Å². The van der Waals surface area contributed by atoms with Crippen LogP contribution in [0.4, 0.5) is 11.5 Å². The van der Waals surface area contributed by atoms with E-state index in [1.807, 2.05) is 0 Å². The number of rotatable bonds is 2. The Balaban J connectivity index is 2.93. The van der Waals surface area contributed by atoms with E-state index < -0.39 is 4.92 Å². The van der Waals surface area contributed by atoms with Crippen molar-refractivity contribution in [2.75, 3.05) is 12.1 Å². The lowest BCUT2D eigenvalue weighted by Crippen LogP contribution is -2.11. The van der Waals surface area contributed by atoms with Crippen LogP contribution in [0.25, 0.3) is 0 Å². The first-order chi connectivity index (χ1) is 5.61. The fourth-order valence-electron chi connectivity index (χ4n) is 0.678. The largest absolute Gasteiger partial charge is 0.287 e. The predicted molar refractivity (Wildman–Crippen MR) is 41.1 cm³/mol. The van der Waals surface area contributed by atoms with E-state index >= 15 is 0 Å². The molecule has 0 unspecified atom stereocenters. The Morgan fingerprint density at radius 3 is 2.67 bits per heavy atom. The van der Waals surface area contributed by atoms with Gasteiger partial charge in [-0.25, -0.2) is 10.0 Å². The summed E-state index contributed by atoms with van der Waals surface area (Å²) in [4.78, 5) is 13.3. The van der Waals surface area contributed by atoms with Gasteiger partial charge in [-0.1, -0.05) is 0 Å². The second-order valence-corrected chi connectivity index (χ2v) is 2.16. The molecule has 0 spiro atoms. The maximum Gasteiger partial charge on any atom is 0.287 e. The van der Waals surface area contributed by atoms with Gasteiger partial charge in [0, 0.05) is 13.1 Å². The molecule has 0 aliphatic carbocycles. The van der Waals surface area contributed by atoms with Crippen LogP contribution in [0.1, 0.15) is 0 Å². The van der Waals surface area contributed by atoms with Gasteiger partial charge >= 0.3 is 0 Å². The highest BCUT2D eigenvalue weighted by Gasteiger charge is 2.05. The number of hydroxylamine groups is 1. The molecule has 6 nitrogen and oxygen atoms in total.